The van der Waals surface area contributed by atoms with Crippen molar-refractivity contribution in [3.63, 3.8) is 0 Å². The number of nitrogens with two attached hydrogens (primary N) is 1. The summed E-state index contributed by atoms with van der Waals surface area (Å²) in [5.74, 6) is 0. The molecule has 0 spiro atoms. The molecule has 4 heteroatoms. The van der Waals surface area contributed by atoms with Crippen LogP contribution in [0.2, 0.25) is 0 Å². The van der Waals surface area contributed by atoms with Gasteiger partial charge in [0.25, 0.3) is 0 Å². The van der Waals surface area contributed by atoms with Gasteiger partial charge in [-0.1, -0.05) is 6.42 Å². The van der Waals surface area contributed by atoms with Gasteiger partial charge in [-0.25, -0.2) is 0 Å². The van der Waals surface area contributed by atoms with Gasteiger partial charge in [0.05, 0.1) is 12.2 Å². The molecule has 0 saturated carbocycles. The lowest BCUT2D eigenvalue weighted by Gasteiger charge is -2.44. The van der Waals surface area contributed by atoms with Crippen molar-refractivity contribution in [1.29, 1.82) is 0 Å². The van der Waals surface area contributed by atoms with Gasteiger partial charge < -0.3 is 10.5 Å². The first kappa shape index (κ1) is 12.9. The van der Waals surface area contributed by atoms with E-state index in [9.17, 15) is 0 Å². The molecule has 0 aromatic rings. The van der Waals surface area contributed by atoms with E-state index in [4.69, 9.17) is 10.5 Å². The number of ether oxygens (including phenoxy) is 1. The van der Waals surface area contributed by atoms with E-state index in [1.165, 1.54) is 51.9 Å². The van der Waals surface area contributed by atoms with E-state index in [1.807, 2.05) is 0 Å². The van der Waals surface area contributed by atoms with Gasteiger partial charge in [-0.05, 0) is 32.2 Å². The first-order valence-corrected chi connectivity index (χ1v) is 7.67. The Bertz CT molecular complexity index is 274. The number of rotatable bonds is 3. The van der Waals surface area contributed by atoms with Crippen molar-refractivity contribution in [3.8, 4) is 0 Å². The standard InChI is InChI=1S/C14H27N3O/c15-9-13-4-5-14(18-13)11-16-7-8-17-6-2-1-3-12(17)10-16/h12-14H,1-11,15H2. The highest BCUT2D eigenvalue weighted by Gasteiger charge is 2.31. The summed E-state index contributed by atoms with van der Waals surface area (Å²) in [6, 6.07) is 0.819. The highest BCUT2D eigenvalue weighted by molar-refractivity contribution is 4.87. The van der Waals surface area contributed by atoms with Gasteiger partial charge in [0.15, 0.2) is 0 Å². The predicted molar refractivity (Wildman–Crippen MR) is 72.6 cm³/mol. The zero-order valence-electron chi connectivity index (χ0n) is 11.4. The fourth-order valence-corrected chi connectivity index (χ4v) is 3.76. The van der Waals surface area contributed by atoms with Crippen molar-refractivity contribution in [1.82, 2.24) is 9.80 Å². The van der Waals surface area contributed by atoms with Crippen LogP contribution in [0, 0.1) is 0 Å². The third-order valence-electron chi connectivity index (χ3n) is 4.84. The second kappa shape index (κ2) is 5.87. The van der Waals surface area contributed by atoms with E-state index >= 15 is 0 Å². The molecule has 3 aliphatic heterocycles. The third-order valence-corrected chi connectivity index (χ3v) is 4.84. The van der Waals surface area contributed by atoms with Crippen LogP contribution >= 0.6 is 0 Å². The Balaban J connectivity index is 1.46. The van der Waals surface area contributed by atoms with E-state index in [0.29, 0.717) is 18.8 Å². The molecule has 0 aromatic heterocycles. The zero-order valence-corrected chi connectivity index (χ0v) is 11.4. The van der Waals surface area contributed by atoms with Crippen molar-refractivity contribution in [2.75, 3.05) is 39.3 Å². The summed E-state index contributed by atoms with van der Waals surface area (Å²) in [7, 11) is 0. The maximum Gasteiger partial charge on any atom is 0.0707 e. The number of hydrogen-bond donors (Lipinski definition) is 1. The molecule has 3 saturated heterocycles. The molecule has 4 nitrogen and oxygen atoms in total. The van der Waals surface area contributed by atoms with Crippen molar-refractivity contribution in [2.24, 2.45) is 5.73 Å². The average molecular weight is 253 g/mol. The van der Waals surface area contributed by atoms with Gasteiger partial charge in [-0.3, -0.25) is 9.80 Å². The molecule has 0 aromatic carbocycles. The number of piperidine rings is 1. The lowest BCUT2D eigenvalue weighted by molar-refractivity contribution is -0.00392. The second-order valence-electron chi connectivity index (χ2n) is 6.14. The molecule has 0 aliphatic carbocycles. The molecule has 104 valence electrons. The molecule has 2 N–H and O–H groups in total. The maximum absolute atomic E-state index is 5.97. The normalized spacial score (nSPS) is 38.8. The zero-order chi connectivity index (χ0) is 12.4. The fourth-order valence-electron chi connectivity index (χ4n) is 3.76. The number of hydrogen-bond acceptors (Lipinski definition) is 4. The van der Waals surface area contributed by atoms with Crippen LogP contribution in [0.3, 0.4) is 0 Å². The molecular formula is C14H27N3O. The van der Waals surface area contributed by atoms with E-state index < -0.39 is 0 Å². The second-order valence-corrected chi connectivity index (χ2v) is 6.14. The summed E-state index contributed by atoms with van der Waals surface area (Å²) >= 11 is 0. The summed E-state index contributed by atoms with van der Waals surface area (Å²) in [6.45, 7) is 6.88. The predicted octanol–water partition coefficient (Wildman–Crippen LogP) is 0.663. The van der Waals surface area contributed by atoms with Crippen molar-refractivity contribution in [2.45, 2.75) is 50.4 Å². The minimum atomic E-state index is 0.325. The SMILES string of the molecule is NCC1CCC(CN2CCN3CCCCC3C2)O1. The van der Waals surface area contributed by atoms with Gasteiger partial charge in [0.2, 0.25) is 0 Å². The molecule has 3 fully saturated rings. The smallest absolute Gasteiger partial charge is 0.0707 e. The minimum absolute atomic E-state index is 0.325. The minimum Gasteiger partial charge on any atom is -0.372 e. The quantitative estimate of drug-likeness (QED) is 0.802. The summed E-state index contributed by atoms with van der Waals surface area (Å²) in [5, 5.41) is 0. The highest BCUT2D eigenvalue weighted by Crippen LogP contribution is 2.24. The molecule has 0 bridgehead atoms. The highest BCUT2D eigenvalue weighted by atomic mass is 16.5. The van der Waals surface area contributed by atoms with Crippen LogP contribution in [0.15, 0.2) is 0 Å². The molecular weight excluding hydrogens is 226 g/mol. The van der Waals surface area contributed by atoms with Gasteiger partial charge in [-0.2, -0.15) is 0 Å². The molecule has 3 rings (SSSR count). The van der Waals surface area contributed by atoms with Crippen molar-refractivity contribution in [3.05, 3.63) is 0 Å². The van der Waals surface area contributed by atoms with E-state index in [1.54, 1.807) is 0 Å². The van der Waals surface area contributed by atoms with Crippen LogP contribution < -0.4 is 5.73 Å². The fraction of sp³-hybridized carbons (Fsp3) is 1.00. The summed E-state index contributed by atoms with van der Waals surface area (Å²) in [5.41, 5.74) is 5.67. The van der Waals surface area contributed by atoms with Crippen LogP contribution in [-0.2, 0) is 4.74 Å². The van der Waals surface area contributed by atoms with E-state index in [0.717, 1.165) is 19.0 Å². The molecule has 0 amide bonds. The molecule has 0 radical (unpaired) electrons. The molecule has 3 aliphatic rings. The van der Waals surface area contributed by atoms with Crippen molar-refractivity contribution < 1.29 is 4.74 Å². The monoisotopic (exact) mass is 253 g/mol. The molecule has 18 heavy (non-hydrogen) atoms. The Kier molecular flexibility index (Phi) is 4.19. The van der Waals surface area contributed by atoms with Gasteiger partial charge in [-0.15, -0.1) is 0 Å². The largest absolute Gasteiger partial charge is 0.372 e. The number of piperazine rings is 1. The van der Waals surface area contributed by atoms with Crippen LogP contribution in [0.25, 0.3) is 0 Å². The first-order chi connectivity index (χ1) is 8.85. The lowest BCUT2D eigenvalue weighted by atomic mass is 9.99. The van der Waals surface area contributed by atoms with Crippen LogP contribution in [0.5, 0.6) is 0 Å². The number of fused-ring (bicyclic) bond motifs is 1. The van der Waals surface area contributed by atoms with Gasteiger partial charge in [0.1, 0.15) is 0 Å². The van der Waals surface area contributed by atoms with Crippen LogP contribution in [-0.4, -0.2) is 67.3 Å². The van der Waals surface area contributed by atoms with E-state index in [-0.39, 0.29) is 0 Å². The Morgan fingerprint density at radius 2 is 1.89 bits per heavy atom. The summed E-state index contributed by atoms with van der Waals surface area (Å²) in [4.78, 5) is 5.31. The van der Waals surface area contributed by atoms with Crippen LogP contribution in [0.1, 0.15) is 32.1 Å². The summed E-state index contributed by atoms with van der Waals surface area (Å²) < 4.78 is 5.97. The number of nitrogens with zero attached hydrogens (tertiary/aromatic N) is 2. The first-order valence-electron chi connectivity index (χ1n) is 7.67. The molecule has 3 unspecified atom stereocenters. The Hall–Kier alpha value is -0.160. The van der Waals surface area contributed by atoms with Crippen molar-refractivity contribution >= 4 is 0 Å². The summed E-state index contributed by atoms with van der Waals surface area (Å²) in [6.07, 6.45) is 7.34. The topological polar surface area (TPSA) is 41.7 Å². The molecule has 3 heterocycles. The third kappa shape index (κ3) is 2.87. The van der Waals surface area contributed by atoms with E-state index in [2.05, 4.69) is 9.80 Å². The Labute approximate surface area is 110 Å². The lowest BCUT2D eigenvalue weighted by Crippen LogP contribution is -2.55. The van der Waals surface area contributed by atoms with Gasteiger partial charge >= 0.3 is 0 Å². The maximum atomic E-state index is 5.97. The molecule has 3 atom stereocenters. The van der Waals surface area contributed by atoms with Crippen LogP contribution in [0.4, 0.5) is 0 Å². The average Bonchev–Trinajstić information content (AvgIpc) is 2.86. The Morgan fingerprint density at radius 1 is 1.00 bits per heavy atom. The Morgan fingerprint density at radius 3 is 2.72 bits per heavy atom. The van der Waals surface area contributed by atoms with Gasteiger partial charge in [0, 0.05) is 38.8 Å².